The summed E-state index contributed by atoms with van der Waals surface area (Å²) in [6.07, 6.45) is 5.60. The Kier molecular flexibility index (Phi) is 5.59. The molecule has 0 radical (unpaired) electrons. The number of piperidine rings is 2. The zero-order chi connectivity index (χ0) is 18.0. The maximum absolute atomic E-state index is 12.5. The predicted molar refractivity (Wildman–Crippen MR) is 96.1 cm³/mol. The third-order valence-electron chi connectivity index (χ3n) is 5.08. The monoisotopic (exact) mass is 332 g/mol. The second-order valence-electron chi connectivity index (χ2n) is 8.81. The van der Waals surface area contributed by atoms with Crippen molar-refractivity contribution in [3.8, 4) is 6.07 Å². The van der Waals surface area contributed by atoms with E-state index in [1.807, 2.05) is 4.90 Å². The molecule has 0 saturated carbocycles. The second-order valence-corrected chi connectivity index (χ2v) is 8.81. The van der Waals surface area contributed by atoms with Gasteiger partial charge in [0.25, 0.3) is 5.91 Å². The van der Waals surface area contributed by atoms with Gasteiger partial charge in [0, 0.05) is 36.4 Å². The fourth-order valence-electron chi connectivity index (χ4n) is 4.17. The summed E-state index contributed by atoms with van der Waals surface area (Å²) in [5, 5.41) is 16.4. The fraction of sp³-hybridized carbons (Fsp3) is 0.789. The van der Waals surface area contributed by atoms with Crippen molar-refractivity contribution in [2.24, 2.45) is 5.92 Å². The lowest BCUT2D eigenvalue weighted by Gasteiger charge is -2.46. The molecule has 2 heterocycles. The molecule has 0 aromatic heterocycles. The summed E-state index contributed by atoms with van der Waals surface area (Å²) in [4.78, 5) is 14.4. The smallest absolute Gasteiger partial charge is 0.265 e. The number of hydrogen-bond donors (Lipinski definition) is 2. The van der Waals surface area contributed by atoms with Crippen LogP contribution in [0.1, 0.15) is 60.3 Å². The van der Waals surface area contributed by atoms with Crippen LogP contribution in [0.4, 0.5) is 0 Å². The maximum Gasteiger partial charge on any atom is 0.265 e. The van der Waals surface area contributed by atoms with E-state index in [0.29, 0.717) is 5.92 Å². The van der Waals surface area contributed by atoms with Gasteiger partial charge in [0.05, 0.1) is 0 Å². The molecule has 0 atom stereocenters. The van der Waals surface area contributed by atoms with Crippen molar-refractivity contribution in [3.05, 3.63) is 11.8 Å². The highest BCUT2D eigenvalue weighted by molar-refractivity contribution is 5.97. The van der Waals surface area contributed by atoms with Crippen molar-refractivity contribution in [3.63, 3.8) is 0 Å². The van der Waals surface area contributed by atoms with Crippen LogP contribution in [-0.2, 0) is 4.79 Å². The van der Waals surface area contributed by atoms with E-state index in [0.717, 1.165) is 38.8 Å². The summed E-state index contributed by atoms with van der Waals surface area (Å²) in [6.45, 7) is 12.5. The van der Waals surface area contributed by atoms with E-state index < -0.39 is 0 Å². The molecular weight excluding hydrogens is 300 g/mol. The van der Waals surface area contributed by atoms with E-state index in [2.05, 4.69) is 51.3 Å². The molecule has 2 aliphatic heterocycles. The number of nitriles is 1. The van der Waals surface area contributed by atoms with Gasteiger partial charge < -0.3 is 15.5 Å². The van der Waals surface area contributed by atoms with E-state index in [9.17, 15) is 10.1 Å². The number of hydrogen-bond acceptors (Lipinski definition) is 4. The van der Waals surface area contributed by atoms with Gasteiger partial charge in [0.1, 0.15) is 11.6 Å². The van der Waals surface area contributed by atoms with Crippen LogP contribution in [0.15, 0.2) is 11.8 Å². The molecule has 5 nitrogen and oxygen atoms in total. The highest BCUT2D eigenvalue weighted by Gasteiger charge is 2.37. The molecule has 0 aliphatic carbocycles. The van der Waals surface area contributed by atoms with Crippen LogP contribution < -0.4 is 10.6 Å². The van der Waals surface area contributed by atoms with Gasteiger partial charge in [-0.3, -0.25) is 4.79 Å². The third-order valence-corrected chi connectivity index (χ3v) is 5.08. The standard InChI is InChI=1S/C19H32N4O/c1-14-6-8-23(9-7-14)17(24)15(12-20)13-21-16-10-18(2,3)22-19(4,5)11-16/h13-14,16,21-22H,6-11H2,1-5H3/b15-13-. The summed E-state index contributed by atoms with van der Waals surface area (Å²) in [5.74, 6) is 0.533. The summed E-state index contributed by atoms with van der Waals surface area (Å²) < 4.78 is 0. The van der Waals surface area contributed by atoms with Gasteiger partial charge in [-0.05, 0) is 59.3 Å². The van der Waals surface area contributed by atoms with E-state index in [1.54, 1.807) is 6.20 Å². The first kappa shape index (κ1) is 18.8. The van der Waals surface area contributed by atoms with Crippen LogP contribution in [0.2, 0.25) is 0 Å². The molecule has 0 aromatic carbocycles. The van der Waals surface area contributed by atoms with Gasteiger partial charge in [0.2, 0.25) is 0 Å². The highest BCUT2D eigenvalue weighted by atomic mass is 16.2. The molecule has 0 spiro atoms. The van der Waals surface area contributed by atoms with E-state index in [1.165, 1.54) is 0 Å². The second kappa shape index (κ2) is 7.14. The Balaban J connectivity index is 2.00. The van der Waals surface area contributed by atoms with E-state index in [-0.39, 0.29) is 28.6 Å². The minimum atomic E-state index is -0.135. The van der Waals surface area contributed by atoms with Crippen molar-refractivity contribution in [2.75, 3.05) is 13.1 Å². The first-order valence-electron chi connectivity index (χ1n) is 9.07. The largest absolute Gasteiger partial charge is 0.387 e. The Morgan fingerprint density at radius 2 is 1.75 bits per heavy atom. The Morgan fingerprint density at radius 1 is 1.21 bits per heavy atom. The number of nitrogens with one attached hydrogen (secondary N) is 2. The molecule has 0 aromatic rings. The van der Waals surface area contributed by atoms with Gasteiger partial charge in [-0.2, -0.15) is 5.26 Å². The molecule has 2 N–H and O–H groups in total. The van der Waals surface area contributed by atoms with Crippen LogP contribution in [0, 0.1) is 17.2 Å². The predicted octanol–water partition coefficient (Wildman–Crippen LogP) is 2.55. The van der Waals surface area contributed by atoms with Crippen LogP contribution in [-0.4, -0.2) is 41.0 Å². The first-order valence-corrected chi connectivity index (χ1v) is 9.07. The highest BCUT2D eigenvalue weighted by Crippen LogP contribution is 2.28. The molecule has 134 valence electrons. The number of rotatable bonds is 3. The average molecular weight is 332 g/mol. The third kappa shape index (κ3) is 4.98. The molecule has 0 bridgehead atoms. The Morgan fingerprint density at radius 3 is 2.25 bits per heavy atom. The molecule has 1 amide bonds. The molecule has 0 unspecified atom stereocenters. The molecule has 2 fully saturated rings. The Bertz CT molecular complexity index is 520. The van der Waals surface area contributed by atoms with Gasteiger partial charge in [0.15, 0.2) is 0 Å². The Hall–Kier alpha value is -1.54. The molecule has 2 aliphatic rings. The topological polar surface area (TPSA) is 68.2 Å². The van der Waals surface area contributed by atoms with Gasteiger partial charge in [-0.25, -0.2) is 0 Å². The van der Waals surface area contributed by atoms with Crippen LogP contribution >= 0.6 is 0 Å². The molecule has 5 heteroatoms. The normalized spacial score (nSPS) is 25.2. The zero-order valence-electron chi connectivity index (χ0n) is 15.8. The summed E-state index contributed by atoms with van der Waals surface area (Å²) >= 11 is 0. The van der Waals surface area contributed by atoms with Crippen LogP contribution in [0.5, 0.6) is 0 Å². The summed E-state index contributed by atoms with van der Waals surface area (Å²) in [6, 6.07) is 2.34. The number of likely N-dealkylation sites (tertiary alicyclic amines) is 1. The summed E-state index contributed by atoms with van der Waals surface area (Å²) in [5.41, 5.74) is 0.291. The van der Waals surface area contributed by atoms with Gasteiger partial charge >= 0.3 is 0 Å². The van der Waals surface area contributed by atoms with Crippen molar-refractivity contribution in [1.82, 2.24) is 15.5 Å². The first-order chi connectivity index (χ1) is 11.1. The van der Waals surface area contributed by atoms with Crippen molar-refractivity contribution in [2.45, 2.75) is 77.4 Å². The molecular formula is C19H32N4O. The zero-order valence-corrected chi connectivity index (χ0v) is 15.8. The quantitative estimate of drug-likeness (QED) is 0.616. The number of carbonyl (C=O) groups excluding carboxylic acids is 1. The SMILES string of the molecule is CC1CCN(C(=O)/C(C#N)=C\NC2CC(C)(C)NC(C)(C)C2)CC1. The van der Waals surface area contributed by atoms with Crippen molar-refractivity contribution in [1.29, 1.82) is 5.26 Å². The van der Waals surface area contributed by atoms with Crippen molar-refractivity contribution >= 4 is 5.91 Å². The van der Waals surface area contributed by atoms with E-state index >= 15 is 0 Å². The van der Waals surface area contributed by atoms with Crippen molar-refractivity contribution < 1.29 is 4.79 Å². The fourth-order valence-corrected chi connectivity index (χ4v) is 4.17. The lowest BCUT2D eigenvalue weighted by molar-refractivity contribution is -0.128. The lowest BCUT2D eigenvalue weighted by atomic mass is 9.79. The minimum absolute atomic E-state index is 0.0348. The average Bonchev–Trinajstić information content (AvgIpc) is 2.45. The molecule has 2 saturated heterocycles. The minimum Gasteiger partial charge on any atom is -0.387 e. The number of nitrogens with zero attached hydrogens (tertiary/aromatic N) is 2. The number of amides is 1. The van der Waals surface area contributed by atoms with Crippen LogP contribution in [0.3, 0.4) is 0 Å². The number of carbonyl (C=O) groups is 1. The van der Waals surface area contributed by atoms with Gasteiger partial charge in [-0.15, -0.1) is 0 Å². The summed E-state index contributed by atoms with van der Waals surface area (Å²) in [7, 11) is 0. The maximum atomic E-state index is 12.5. The van der Waals surface area contributed by atoms with Crippen LogP contribution in [0.25, 0.3) is 0 Å². The Labute approximate surface area is 146 Å². The molecule has 24 heavy (non-hydrogen) atoms. The van der Waals surface area contributed by atoms with E-state index in [4.69, 9.17) is 0 Å². The lowest BCUT2D eigenvalue weighted by Crippen LogP contribution is -2.61. The van der Waals surface area contributed by atoms with Gasteiger partial charge in [-0.1, -0.05) is 6.92 Å². The molecule has 2 rings (SSSR count).